The van der Waals surface area contributed by atoms with E-state index in [0.717, 1.165) is 0 Å². The first kappa shape index (κ1) is 7.21. The Hall–Kier alpha value is -0.900. The topological polar surface area (TPSA) is 66.4 Å². The average Bonchev–Trinajstić information content (AvgIpc) is 1.88. The lowest BCUT2D eigenvalue weighted by molar-refractivity contribution is -0.142. The van der Waals surface area contributed by atoms with Crippen LogP contribution in [-0.4, -0.2) is 29.4 Å². The van der Waals surface area contributed by atoms with Crippen LogP contribution in [0.15, 0.2) is 0 Å². The van der Waals surface area contributed by atoms with Gasteiger partial charge < -0.3 is 10.4 Å². The number of hydrogen-bond donors (Lipinski definition) is 2. The van der Waals surface area contributed by atoms with Crippen molar-refractivity contribution in [1.82, 2.24) is 5.32 Å². The molecule has 0 amide bonds. The highest BCUT2D eigenvalue weighted by molar-refractivity contribution is 5.87. The van der Waals surface area contributed by atoms with Gasteiger partial charge in [0.1, 0.15) is 11.8 Å². The fourth-order valence-electron chi connectivity index (χ4n) is 0.962. The van der Waals surface area contributed by atoms with E-state index in [2.05, 4.69) is 5.32 Å². The van der Waals surface area contributed by atoms with Gasteiger partial charge in [-0.2, -0.15) is 0 Å². The first-order valence-corrected chi connectivity index (χ1v) is 3.18. The fraction of sp³-hybridized carbons (Fsp3) is 0.667. The van der Waals surface area contributed by atoms with Gasteiger partial charge in [0.25, 0.3) is 0 Å². The zero-order chi connectivity index (χ0) is 7.56. The molecule has 0 radical (unpaired) electrons. The Balaban J connectivity index is 2.47. The third-order valence-corrected chi connectivity index (χ3v) is 1.52. The highest BCUT2D eigenvalue weighted by atomic mass is 16.4. The summed E-state index contributed by atoms with van der Waals surface area (Å²) < 4.78 is 0. The van der Waals surface area contributed by atoms with Gasteiger partial charge in [0.15, 0.2) is 0 Å². The SMILES string of the molecule is O=C1CCN[C@H](C(=O)O)C1. The van der Waals surface area contributed by atoms with Crippen molar-refractivity contribution in [3.8, 4) is 0 Å². The van der Waals surface area contributed by atoms with Crippen molar-refractivity contribution in [1.29, 1.82) is 0 Å². The monoisotopic (exact) mass is 143 g/mol. The molecule has 56 valence electrons. The largest absolute Gasteiger partial charge is 0.480 e. The number of carbonyl (C=O) groups excluding carboxylic acids is 1. The number of Topliss-reactive ketones (excluding diaryl/α,β-unsaturated/α-hetero) is 1. The van der Waals surface area contributed by atoms with Gasteiger partial charge in [0, 0.05) is 19.4 Å². The Labute approximate surface area is 58.2 Å². The van der Waals surface area contributed by atoms with E-state index in [4.69, 9.17) is 5.11 Å². The molecule has 0 bridgehead atoms. The summed E-state index contributed by atoms with van der Waals surface area (Å²) in [5.74, 6) is -0.904. The first-order valence-electron chi connectivity index (χ1n) is 3.18. The summed E-state index contributed by atoms with van der Waals surface area (Å²) in [6, 6.07) is -0.652. The number of ketones is 1. The van der Waals surface area contributed by atoms with Crippen molar-refractivity contribution < 1.29 is 14.7 Å². The molecule has 10 heavy (non-hydrogen) atoms. The van der Waals surface area contributed by atoms with E-state index in [1.807, 2.05) is 0 Å². The lowest BCUT2D eigenvalue weighted by Crippen LogP contribution is -2.43. The quantitative estimate of drug-likeness (QED) is 0.514. The molecule has 0 aliphatic carbocycles. The third-order valence-electron chi connectivity index (χ3n) is 1.52. The second-order valence-electron chi connectivity index (χ2n) is 2.34. The molecule has 1 heterocycles. The minimum absolute atomic E-state index is 0.0335. The Bertz CT molecular complexity index is 164. The van der Waals surface area contributed by atoms with E-state index in [0.29, 0.717) is 13.0 Å². The number of carboxylic acids is 1. The van der Waals surface area contributed by atoms with Crippen LogP contribution in [0.5, 0.6) is 0 Å². The van der Waals surface area contributed by atoms with Crippen molar-refractivity contribution in [2.45, 2.75) is 18.9 Å². The number of nitrogens with one attached hydrogen (secondary N) is 1. The second-order valence-corrected chi connectivity index (χ2v) is 2.34. The Morgan fingerprint density at radius 3 is 2.80 bits per heavy atom. The van der Waals surface area contributed by atoms with E-state index >= 15 is 0 Å². The minimum Gasteiger partial charge on any atom is -0.480 e. The van der Waals surface area contributed by atoms with Gasteiger partial charge in [-0.15, -0.1) is 0 Å². The highest BCUT2D eigenvalue weighted by Gasteiger charge is 2.23. The van der Waals surface area contributed by atoms with Gasteiger partial charge in [-0.3, -0.25) is 9.59 Å². The van der Waals surface area contributed by atoms with Gasteiger partial charge in [-0.05, 0) is 0 Å². The van der Waals surface area contributed by atoms with E-state index in [9.17, 15) is 9.59 Å². The lowest BCUT2D eigenvalue weighted by atomic mass is 10.0. The molecule has 1 aliphatic rings. The van der Waals surface area contributed by atoms with E-state index in [-0.39, 0.29) is 12.2 Å². The predicted molar refractivity (Wildman–Crippen MR) is 33.7 cm³/mol. The summed E-state index contributed by atoms with van der Waals surface area (Å²) in [6.45, 7) is 0.496. The molecule has 1 atom stereocenters. The molecule has 1 aliphatic heterocycles. The molecule has 1 rings (SSSR count). The first-order chi connectivity index (χ1) is 4.70. The Kier molecular flexibility index (Phi) is 2.01. The zero-order valence-corrected chi connectivity index (χ0v) is 5.46. The van der Waals surface area contributed by atoms with Crippen molar-refractivity contribution in [3.63, 3.8) is 0 Å². The molecule has 1 fully saturated rings. The smallest absolute Gasteiger partial charge is 0.321 e. The van der Waals surface area contributed by atoms with Crippen LogP contribution in [0.3, 0.4) is 0 Å². The molecule has 2 N–H and O–H groups in total. The number of aliphatic carboxylic acids is 1. The number of hydrogen-bond acceptors (Lipinski definition) is 3. The molecular formula is C6H9NO3. The molecule has 0 aromatic carbocycles. The summed E-state index contributed by atoms with van der Waals surface area (Å²) >= 11 is 0. The molecule has 0 spiro atoms. The van der Waals surface area contributed by atoms with E-state index in [1.165, 1.54) is 0 Å². The zero-order valence-electron chi connectivity index (χ0n) is 5.46. The lowest BCUT2D eigenvalue weighted by Gasteiger charge is -2.17. The molecular weight excluding hydrogens is 134 g/mol. The summed E-state index contributed by atoms with van der Waals surface area (Å²) in [5, 5.41) is 11.2. The predicted octanol–water partition coefficient (Wildman–Crippen LogP) is -0.608. The molecule has 1 saturated heterocycles. The summed E-state index contributed by atoms with van der Waals surface area (Å²) in [4.78, 5) is 21.0. The molecule has 4 heteroatoms. The van der Waals surface area contributed by atoms with Gasteiger partial charge in [0.2, 0.25) is 0 Å². The molecule has 0 saturated carbocycles. The molecule has 0 unspecified atom stereocenters. The Morgan fingerprint density at radius 1 is 1.70 bits per heavy atom. The van der Waals surface area contributed by atoms with Crippen LogP contribution in [0.4, 0.5) is 0 Å². The van der Waals surface area contributed by atoms with Crippen molar-refractivity contribution in [2.75, 3.05) is 6.54 Å². The number of rotatable bonds is 1. The summed E-state index contributed by atoms with van der Waals surface area (Å²) in [5.41, 5.74) is 0. The van der Waals surface area contributed by atoms with Crippen LogP contribution in [0.2, 0.25) is 0 Å². The number of carboxylic acid groups (broad SMARTS) is 1. The third kappa shape index (κ3) is 1.54. The van der Waals surface area contributed by atoms with E-state index < -0.39 is 12.0 Å². The maximum atomic E-state index is 10.7. The van der Waals surface area contributed by atoms with Crippen LogP contribution < -0.4 is 5.32 Å². The van der Waals surface area contributed by atoms with Crippen LogP contribution >= 0.6 is 0 Å². The van der Waals surface area contributed by atoms with Gasteiger partial charge in [-0.1, -0.05) is 0 Å². The van der Waals surface area contributed by atoms with Crippen molar-refractivity contribution in [2.24, 2.45) is 0 Å². The normalized spacial score (nSPS) is 26.4. The number of piperidine rings is 1. The number of carbonyl (C=O) groups is 2. The van der Waals surface area contributed by atoms with Gasteiger partial charge >= 0.3 is 5.97 Å². The van der Waals surface area contributed by atoms with Crippen LogP contribution in [0.25, 0.3) is 0 Å². The fourth-order valence-corrected chi connectivity index (χ4v) is 0.962. The maximum Gasteiger partial charge on any atom is 0.321 e. The standard InChI is InChI=1S/C6H9NO3/c8-4-1-2-7-5(3-4)6(9)10/h5,7H,1-3H2,(H,9,10)/t5-/m0/s1. The average molecular weight is 143 g/mol. The molecule has 0 aromatic heterocycles. The van der Waals surface area contributed by atoms with Crippen molar-refractivity contribution >= 4 is 11.8 Å². The summed E-state index contributed by atoms with van der Waals surface area (Å²) in [7, 11) is 0. The van der Waals surface area contributed by atoms with Crippen LogP contribution in [0.1, 0.15) is 12.8 Å². The Morgan fingerprint density at radius 2 is 2.40 bits per heavy atom. The summed E-state index contributed by atoms with van der Waals surface area (Å²) in [6.07, 6.45) is 0.596. The van der Waals surface area contributed by atoms with Crippen molar-refractivity contribution in [3.05, 3.63) is 0 Å². The van der Waals surface area contributed by atoms with Crippen LogP contribution in [-0.2, 0) is 9.59 Å². The van der Waals surface area contributed by atoms with Crippen LogP contribution in [0, 0.1) is 0 Å². The molecule has 0 aromatic rings. The molecule has 4 nitrogen and oxygen atoms in total. The highest BCUT2D eigenvalue weighted by Crippen LogP contribution is 2.02. The van der Waals surface area contributed by atoms with Gasteiger partial charge in [-0.25, -0.2) is 0 Å². The van der Waals surface area contributed by atoms with E-state index in [1.54, 1.807) is 0 Å². The minimum atomic E-state index is -0.937. The maximum absolute atomic E-state index is 10.7. The van der Waals surface area contributed by atoms with Gasteiger partial charge in [0.05, 0.1) is 0 Å². The second kappa shape index (κ2) is 2.79.